The topological polar surface area (TPSA) is 63.0 Å². The van der Waals surface area contributed by atoms with Crippen LogP contribution in [-0.2, 0) is 0 Å². The van der Waals surface area contributed by atoms with E-state index in [9.17, 15) is 4.79 Å². The van der Waals surface area contributed by atoms with Crippen LogP contribution in [0.5, 0.6) is 0 Å². The molecule has 0 aliphatic carbocycles. The lowest BCUT2D eigenvalue weighted by atomic mass is 10.3. The first-order valence-corrected chi connectivity index (χ1v) is 8.85. The number of aryl methyl sites for hydroxylation is 1. The van der Waals surface area contributed by atoms with Crippen LogP contribution in [0.25, 0.3) is 5.69 Å². The predicted octanol–water partition coefficient (Wildman–Crippen LogP) is 4.80. The molecule has 0 aliphatic heterocycles. The van der Waals surface area contributed by atoms with Gasteiger partial charge in [0.05, 0.1) is 15.7 Å². The molecule has 5 nitrogen and oxygen atoms in total. The van der Waals surface area contributed by atoms with E-state index in [1.165, 1.54) is 10.9 Å². The standard InChI is InChI=1S/C16H11Br2ClN4O/c1-9-13(8-21-15-14(18)6-10(17)7-20-15)16(24)23(22-9)12-4-2-11(19)3-5-12/h2-8,22H,1H3. The summed E-state index contributed by atoms with van der Waals surface area (Å²) in [5.74, 6) is 0.497. The van der Waals surface area contributed by atoms with Gasteiger partial charge in [-0.2, -0.15) is 0 Å². The van der Waals surface area contributed by atoms with Crippen LogP contribution < -0.4 is 5.56 Å². The van der Waals surface area contributed by atoms with Crippen LogP contribution in [0, 0.1) is 6.92 Å². The minimum atomic E-state index is -0.188. The number of H-pyrrole nitrogens is 1. The van der Waals surface area contributed by atoms with Crippen molar-refractivity contribution in [1.82, 2.24) is 14.8 Å². The third kappa shape index (κ3) is 3.53. The first kappa shape index (κ1) is 17.1. The molecule has 0 aliphatic rings. The van der Waals surface area contributed by atoms with Gasteiger partial charge < -0.3 is 0 Å². The van der Waals surface area contributed by atoms with Gasteiger partial charge in [-0.25, -0.2) is 14.7 Å². The van der Waals surface area contributed by atoms with Gasteiger partial charge in [0, 0.05) is 27.6 Å². The van der Waals surface area contributed by atoms with E-state index in [-0.39, 0.29) is 5.56 Å². The number of hydrogen-bond donors (Lipinski definition) is 1. The summed E-state index contributed by atoms with van der Waals surface area (Å²) in [4.78, 5) is 21.1. The van der Waals surface area contributed by atoms with E-state index in [2.05, 4.69) is 46.9 Å². The smallest absolute Gasteiger partial charge is 0.280 e. The Hall–Kier alpha value is -1.70. The van der Waals surface area contributed by atoms with E-state index in [1.54, 1.807) is 30.5 Å². The molecule has 2 heterocycles. The maximum atomic E-state index is 12.6. The number of nitrogens with one attached hydrogen (secondary N) is 1. The van der Waals surface area contributed by atoms with Crippen LogP contribution in [0.4, 0.5) is 5.82 Å². The number of aromatic amines is 1. The molecule has 0 bridgehead atoms. The van der Waals surface area contributed by atoms with Gasteiger partial charge in [0.25, 0.3) is 5.56 Å². The fourth-order valence-corrected chi connectivity index (χ4v) is 3.33. The summed E-state index contributed by atoms with van der Waals surface area (Å²) in [6, 6.07) is 8.85. The summed E-state index contributed by atoms with van der Waals surface area (Å²) in [5.41, 5.74) is 1.70. The highest BCUT2D eigenvalue weighted by atomic mass is 79.9. The van der Waals surface area contributed by atoms with Gasteiger partial charge in [-0.15, -0.1) is 0 Å². The lowest BCUT2D eigenvalue weighted by molar-refractivity contribution is 0.835. The monoisotopic (exact) mass is 468 g/mol. The Morgan fingerprint density at radius 2 is 2.00 bits per heavy atom. The number of pyridine rings is 1. The molecule has 3 aromatic rings. The van der Waals surface area contributed by atoms with Gasteiger partial charge in [-0.05, 0) is 69.1 Å². The average molecular weight is 471 g/mol. The molecule has 0 fully saturated rings. The maximum absolute atomic E-state index is 12.6. The van der Waals surface area contributed by atoms with E-state index in [0.717, 1.165) is 8.95 Å². The number of aliphatic imine (C=N–C) groups is 1. The lowest BCUT2D eigenvalue weighted by Gasteiger charge is -2.00. The number of benzene rings is 1. The Bertz CT molecular complexity index is 977. The zero-order valence-electron chi connectivity index (χ0n) is 12.4. The van der Waals surface area contributed by atoms with Crippen molar-refractivity contribution in [2.75, 3.05) is 0 Å². The SMILES string of the molecule is Cc1[nH]n(-c2ccc(Cl)cc2)c(=O)c1C=Nc1ncc(Br)cc1Br. The third-order valence-electron chi connectivity index (χ3n) is 3.31. The predicted molar refractivity (Wildman–Crippen MR) is 103 cm³/mol. The van der Waals surface area contributed by atoms with Gasteiger partial charge in [0.2, 0.25) is 0 Å². The third-order valence-corrected chi connectivity index (χ3v) is 4.58. The van der Waals surface area contributed by atoms with Gasteiger partial charge in [0.15, 0.2) is 5.82 Å². The van der Waals surface area contributed by atoms with Crippen LogP contribution in [0.3, 0.4) is 0 Å². The Balaban J connectivity index is 1.99. The number of hydrogen-bond acceptors (Lipinski definition) is 3. The van der Waals surface area contributed by atoms with E-state index in [0.29, 0.717) is 27.8 Å². The van der Waals surface area contributed by atoms with Crippen molar-refractivity contribution in [3.63, 3.8) is 0 Å². The zero-order chi connectivity index (χ0) is 17.3. The van der Waals surface area contributed by atoms with Gasteiger partial charge >= 0.3 is 0 Å². The molecule has 0 saturated carbocycles. The van der Waals surface area contributed by atoms with Crippen molar-refractivity contribution in [1.29, 1.82) is 0 Å². The molecular weight excluding hydrogens is 459 g/mol. The van der Waals surface area contributed by atoms with Crippen molar-refractivity contribution in [3.05, 3.63) is 72.1 Å². The van der Waals surface area contributed by atoms with Crippen molar-refractivity contribution in [3.8, 4) is 5.69 Å². The number of nitrogens with zero attached hydrogens (tertiary/aromatic N) is 3. The van der Waals surface area contributed by atoms with Crippen LogP contribution in [0.2, 0.25) is 5.02 Å². The summed E-state index contributed by atoms with van der Waals surface area (Å²) in [6.07, 6.45) is 3.16. The molecule has 0 atom stereocenters. The van der Waals surface area contributed by atoms with Crippen LogP contribution >= 0.6 is 43.5 Å². The molecule has 0 unspecified atom stereocenters. The van der Waals surface area contributed by atoms with E-state index < -0.39 is 0 Å². The second kappa shape index (κ2) is 7.04. The zero-order valence-corrected chi connectivity index (χ0v) is 16.4. The Morgan fingerprint density at radius 3 is 2.67 bits per heavy atom. The first-order chi connectivity index (χ1) is 11.5. The maximum Gasteiger partial charge on any atom is 0.280 e. The number of halogens is 3. The molecule has 2 aromatic heterocycles. The Morgan fingerprint density at radius 1 is 1.29 bits per heavy atom. The van der Waals surface area contributed by atoms with E-state index in [4.69, 9.17) is 11.6 Å². The molecule has 3 rings (SSSR count). The highest BCUT2D eigenvalue weighted by Gasteiger charge is 2.11. The largest absolute Gasteiger partial charge is 0.295 e. The van der Waals surface area contributed by atoms with Crippen LogP contribution in [0.15, 0.2) is 55.3 Å². The van der Waals surface area contributed by atoms with Crippen molar-refractivity contribution in [2.45, 2.75) is 6.92 Å². The molecule has 0 saturated heterocycles. The van der Waals surface area contributed by atoms with E-state index in [1.807, 2.05) is 13.0 Å². The van der Waals surface area contributed by atoms with Crippen molar-refractivity contribution >= 4 is 55.5 Å². The van der Waals surface area contributed by atoms with Gasteiger partial charge in [-0.1, -0.05) is 11.6 Å². The van der Waals surface area contributed by atoms with Crippen LogP contribution in [-0.4, -0.2) is 21.0 Å². The van der Waals surface area contributed by atoms with Gasteiger partial charge in [0.1, 0.15) is 0 Å². The van der Waals surface area contributed by atoms with Gasteiger partial charge in [-0.3, -0.25) is 9.89 Å². The second-order valence-electron chi connectivity index (χ2n) is 4.98. The van der Waals surface area contributed by atoms with Crippen LogP contribution in [0.1, 0.15) is 11.3 Å². The second-order valence-corrected chi connectivity index (χ2v) is 7.19. The van der Waals surface area contributed by atoms with Crippen molar-refractivity contribution < 1.29 is 0 Å². The normalized spacial score (nSPS) is 11.3. The molecule has 122 valence electrons. The summed E-state index contributed by atoms with van der Waals surface area (Å²) in [6.45, 7) is 1.82. The molecule has 0 radical (unpaired) electrons. The average Bonchev–Trinajstić information content (AvgIpc) is 2.82. The molecule has 1 aromatic carbocycles. The lowest BCUT2D eigenvalue weighted by Crippen LogP contribution is -2.17. The first-order valence-electron chi connectivity index (χ1n) is 6.88. The summed E-state index contributed by atoms with van der Waals surface area (Å²) < 4.78 is 3.03. The fourth-order valence-electron chi connectivity index (χ4n) is 2.11. The molecule has 0 amide bonds. The Labute approximate surface area is 159 Å². The van der Waals surface area contributed by atoms with E-state index >= 15 is 0 Å². The highest BCUT2D eigenvalue weighted by Crippen LogP contribution is 2.25. The molecular formula is C16H11Br2ClN4O. The molecule has 8 heteroatoms. The fraction of sp³-hybridized carbons (Fsp3) is 0.0625. The molecule has 24 heavy (non-hydrogen) atoms. The highest BCUT2D eigenvalue weighted by molar-refractivity contribution is 9.11. The minimum absolute atomic E-state index is 0.188. The van der Waals surface area contributed by atoms with Crippen molar-refractivity contribution in [2.24, 2.45) is 4.99 Å². The Kier molecular flexibility index (Phi) is 5.03. The quantitative estimate of drug-likeness (QED) is 0.559. The summed E-state index contributed by atoms with van der Waals surface area (Å²) in [5, 5.41) is 3.65. The summed E-state index contributed by atoms with van der Waals surface area (Å²) in [7, 11) is 0. The number of rotatable bonds is 3. The molecule has 0 spiro atoms. The molecule has 1 N–H and O–H groups in total. The summed E-state index contributed by atoms with van der Waals surface area (Å²) >= 11 is 12.6. The minimum Gasteiger partial charge on any atom is -0.295 e. The number of aromatic nitrogens is 3.